The third-order valence-electron chi connectivity index (χ3n) is 5.26. The maximum atomic E-state index is 12.4. The highest BCUT2D eigenvalue weighted by Crippen LogP contribution is 2.18. The van der Waals surface area contributed by atoms with Gasteiger partial charge in [-0.15, -0.1) is 0 Å². The van der Waals surface area contributed by atoms with Crippen molar-refractivity contribution in [3.8, 4) is 11.5 Å². The molecule has 166 valence electrons. The minimum atomic E-state index is -0.0404. The number of ether oxygens (including phenoxy) is 2. The topological polar surface area (TPSA) is 67.9 Å². The summed E-state index contributed by atoms with van der Waals surface area (Å²) < 4.78 is 11.0. The van der Waals surface area contributed by atoms with E-state index in [1.807, 2.05) is 43.3 Å². The van der Waals surface area contributed by atoms with Crippen molar-refractivity contribution in [2.75, 3.05) is 26.3 Å². The van der Waals surface area contributed by atoms with E-state index in [2.05, 4.69) is 5.32 Å². The molecule has 1 heterocycles. The van der Waals surface area contributed by atoms with Crippen molar-refractivity contribution in [1.82, 2.24) is 10.2 Å². The molecule has 0 saturated carbocycles. The van der Waals surface area contributed by atoms with Crippen LogP contribution in [0.15, 0.2) is 48.5 Å². The van der Waals surface area contributed by atoms with Crippen LogP contribution in [0.2, 0.25) is 5.02 Å². The average molecular weight is 445 g/mol. The lowest BCUT2D eigenvalue weighted by Gasteiger charge is -2.32. The molecule has 0 aliphatic carbocycles. The molecule has 2 amide bonds. The van der Waals surface area contributed by atoms with Gasteiger partial charge in [0, 0.05) is 30.6 Å². The largest absolute Gasteiger partial charge is 0.494 e. The molecule has 0 bridgehead atoms. The number of nitrogens with one attached hydrogen (secondary N) is 1. The summed E-state index contributed by atoms with van der Waals surface area (Å²) in [6, 6.07) is 14.9. The molecule has 0 radical (unpaired) electrons. The summed E-state index contributed by atoms with van der Waals surface area (Å²) in [6.07, 6.45) is 2.63. The van der Waals surface area contributed by atoms with Gasteiger partial charge in [0.25, 0.3) is 5.91 Å². The van der Waals surface area contributed by atoms with Crippen molar-refractivity contribution >= 4 is 23.4 Å². The van der Waals surface area contributed by atoms with Gasteiger partial charge in [-0.2, -0.15) is 0 Å². The molecule has 0 spiro atoms. The molecule has 6 nitrogen and oxygen atoms in total. The molecule has 2 aromatic rings. The van der Waals surface area contributed by atoms with Crippen LogP contribution in [0.25, 0.3) is 0 Å². The number of amides is 2. The molecule has 0 aromatic heterocycles. The van der Waals surface area contributed by atoms with Crippen LogP contribution in [0.3, 0.4) is 0 Å². The van der Waals surface area contributed by atoms with Crippen molar-refractivity contribution < 1.29 is 19.1 Å². The van der Waals surface area contributed by atoms with Gasteiger partial charge in [0.2, 0.25) is 5.91 Å². The Bertz CT molecular complexity index is 847. The number of hydrogen-bond acceptors (Lipinski definition) is 4. The zero-order chi connectivity index (χ0) is 22.1. The first kappa shape index (κ1) is 22.9. The lowest BCUT2D eigenvalue weighted by Crippen LogP contribution is -2.47. The Labute approximate surface area is 188 Å². The van der Waals surface area contributed by atoms with Gasteiger partial charge in [-0.1, -0.05) is 23.7 Å². The molecule has 31 heavy (non-hydrogen) atoms. The number of carbonyl (C=O) groups excluding carboxylic acids is 2. The minimum absolute atomic E-state index is 0.00605. The molecular formula is C24H29ClN2O4. The Balaban J connectivity index is 1.34. The highest BCUT2D eigenvalue weighted by atomic mass is 35.5. The third kappa shape index (κ3) is 7.47. The van der Waals surface area contributed by atoms with Gasteiger partial charge in [0.05, 0.1) is 6.61 Å². The van der Waals surface area contributed by atoms with Crippen molar-refractivity contribution in [1.29, 1.82) is 0 Å². The number of piperidine rings is 1. The van der Waals surface area contributed by atoms with E-state index in [0.29, 0.717) is 43.3 Å². The first-order valence-electron chi connectivity index (χ1n) is 10.7. The van der Waals surface area contributed by atoms with E-state index in [0.717, 1.165) is 24.2 Å². The molecule has 1 N–H and O–H groups in total. The minimum Gasteiger partial charge on any atom is -0.494 e. The van der Waals surface area contributed by atoms with Crippen molar-refractivity contribution in [2.24, 2.45) is 0 Å². The number of rotatable bonds is 9. The second-order valence-electron chi connectivity index (χ2n) is 7.54. The number of nitrogens with zero attached hydrogens (tertiary/aromatic N) is 1. The van der Waals surface area contributed by atoms with Gasteiger partial charge in [0.15, 0.2) is 6.61 Å². The van der Waals surface area contributed by atoms with E-state index < -0.39 is 0 Å². The van der Waals surface area contributed by atoms with E-state index in [1.54, 1.807) is 17.0 Å². The average Bonchev–Trinajstić information content (AvgIpc) is 2.79. The van der Waals surface area contributed by atoms with Crippen LogP contribution in [0.1, 0.15) is 31.7 Å². The van der Waals surface area contributed by atoms with Gasteiger partial charge in [-0.3, -0.25) is 9.59 Å². The lowest BCUT2D eigenvalue weighted by atomic mass is 10.0. The predicted octanol–water partition coefficient (Wildman–Crippen LogP) is 3.86. The van der Waals surface area contributed by atoms with Crippen LogP contribution < -0.4 is 14.8 Å². The summed E-state index contributed by atoms with van der Waals surface area (Å²) in [6.45, 7) is 3.78. The SMILES string of the molecule is CCOc1ccc(OCC(=O)N2CCC(NC(=O)CCc3ccc(Cl)cc3)CC2)cc1. The Hall–Kier alpha value is -2.73. The molecule has 1 aliphatic heterocycles. The molecule has 0 atom stereocenters. The molecule has 1 fully saturated rings. The first-order valence-corrected chi connectivity index (χ1v) is 11.1. The van der Waals surface area contributed by atoms with E-state index in [1.165, 1.54) is 0 Å². The lowest BCUT2D eigenvalue weighted by molar-refractivity contribution is -0.134. The molecule has 3 rings (SSSR count). The van der Waals surface area contributed by atoms with Gasteiger partial charge in [-0.25, -0.2) is 0 Å². The predicted molar refractivity (Wildman–Crippen MR) is 121 cm³/mol. The normalized spacial score (nSPS) is 14.2. The number of likely N-dealkylation sites (tertiary alicyclic amines) is 1. The van der Waals surface area contributed by atoms with Crippen LogP contribution in [0.5, 0.6) is 11.5 Å². The highest BCUT2D eigenvalue weighted by molar-refractivity contribution is 6.30. The van der Waals surface area contributed by atoms with E-state index >= 15 is 0 Å². The summed E-state index contributed by atoms with van der Waals surface area (Å²) >= 11 is 5.88. The molecular weight excluding hydrogens is 416 g/mol. The van der Waals surface area contributed by atoms with Gasteiger partial charge in [0.1, 0.15) is 11.5 Å². The van der Waals surface area contributed by atoms with E-state index in [4.69, 9.17) is 21.1 Å². The van der Waals surface area contributed by atoms with E-state index in [-0.39, 0.29) is 24.5 Å². The fourth-order valence-electron chi connectivity index (χ4n) is 3.52. The second-order valence-corrected chi connectivity index (χ2v) is 7.98. The molecule has 1 aliphatic rings. The molecule has 1 saturated heterocycles. The van der Waals surface area contributed by atoms with Crippen molar-refractivity contribution in [3.63, 3.8) is 0 Å². The summed E-state index contributed by atoms with van der Waals surface area (Å²) in [5, 5.41) is 3.78. The fourth-order valence-corrected chi connectivity index (χ4v) is 3.64. The summed E-state index contributed by atoms with van der Waals surface area (Å²) in [7, 11) is 0. The van der Waals surface area contributed by atoms with Gasteiger partial charge in [-0.05, 0) is 68.1 Å². The van der Waals surface area contributed by atoms with Crippen LogP contribution >= 0.6 is 11.6 Å². The smallest absolute Gasteiger partial charge is 0.260 e. The number of halogens is 1. The van der Waals surface area contributed by atoms with Crippen molar-refractivity contribution in [2.45, 2.75) is 38.6 Å². The number of benzene rings is 2. The Morgan fingerprint density at radius 1 is 1.00 bits per heavy atom. The number of hydrogen-bond donors (Lipinski definition) is 1. The second kappa shape index (κ2) is 11.6. The summed E-state index contributed by atoms with van der Waals surface area (Å²) in [5.74, 6) is 1.41. The first-order chi connectivity index (χ1) is 15.0. The number of aryl methyl sites for hydroxylation is 1. The van der Waals surface area contributed by atoms with Crippen LogP contribution in [0, 0.1) is 0 Å². The summed E-state index contributed by atoms with van der Waals surface area (Å²) in [5.41, 5.74) is 1.09. The quantitative estimate of drug-likeness (QED) is 0.637. The Morgan fingerprint density at radius 3 is 2.23 bits per heavy atom. The molecule has 0 unspecified atom stereocenters. The zero-order valence-electron chi connectivity index (χ0n) is 17.8. The Kier molecular flexibility index (Phi) is 8.59. The van der Waals surface area contributed by atoms with Crippen LogP contribution in [-0.2, 0) is 16.0 Å². The van der Waals surface area contributed by atoms with E-state index in [9.17, 15) is 9.59 Å². The van der Waals surface area contributed by atoms with Crippen molar-refractivity contribution in [3.05, 3.63) is 59.1 Å². The fraction of sp³-hybridized carbons (Fsp3) is 0.417. The van der Waals surface area contributed by atoms with Crippen LogP contribution in [-0.4, -0.2) is 49.1 Å². The molecule has 7 heteroatoms. The maximum Gasteiger partial charge on any atom is 0.260 e. The Morgan fingerprint density at radius 2 is 1.61 bits per heavy atom. The maximum absolute atomic E-state index is 12.4. The number of carbonyl (C=O) groups is 2. The summed E-state index contributed by atoms with van der Waals surface area (Å²) in [4.78, 5) is 26.5. The van der Waals surface area contributed by atoms with Crippen LogP contribution in [0.4, 0.5) is 0 Å². The van der Waals surface area contributed by atoms with Gasteiger partial charge >= 0.3 is 0 Å². The monoisotopic (exact) mass is 444 g/mol. The third-order valence-corrected chi connectivity index (χ3v) is 5.52. The zero-order valence-corrected chi connectivity index (χ0v) is 18.6. The van der Waals surface area contributed by atoms with Gasteiger partial charge < -0.3 is 19.7 Å². The standard InChI is InChI=1S/C24H29ClN2O4/c1-2-30-21-8-10-22(11-9-21)31-17-24(29)27-15-13-20(14-16-27)26-23(28)12-5-18-3-6-19(25)7-4-18/h3-4,6-11,20H,2,5,12-17H2,1H3,(H,26,28). The highest BCUT2D eigenvalue weighted by Gasteiger charge is 2.24. The molecule has 2 aromatic carbocycles.